The summed E-state index contributed by atoms with van der Waals surface area (Å²) in [5, 5.41) is 3.61. The topological polar surface area (TPSA) is 47.0 Å². The van der Waals surface area contributed by atoms with Crippen LogP contribution in [0.4, 0.5) is 0 Å². The van der Waals surface area contributed by atoms with E-state index in [1.807, 2.05) is 0 Å². The summed E-state index contributed by atoms with van der Waals surface area (Å²) in [7, 11) is 0. The second kappa shape index (κ2) is 27.1. The predicted molar refractivity (Wildman–Crippen MR) is 110 cm³/mol. The third-order valence-corrected chi connectivity index (χ3v) is 4.41. The van der Waals surface area contributed by atoms with E-state index < -0.39 is 0 Å². The van der Waals surface area contributed by atoms with E-state index in [1.54, 1.807) is 0 Å². The summed E-state index contributed by atoms with van der Waals surface area (Å²) in [6, 6.07) is 0. The van der Waals surface area contributed by atoms with Crippen LogP contribution in [0.1, 0.15) is 117 Å². The highest BCUT2D eigenvalue weighted by molar-refractivity contribution is 5.85. The van der Waals surface area contributed by atoms with Crippen molar-refractivity contribution in [3.8, 4) is 0 Å². The summed E-state index contributed by atoms with van der Waals surface area (Å²) >= 11 is 0. The van der Waals surface area contributed by atoms with Gasteiger partial charge in [-0.3, -0.25) is 0 Å². The van der Waals surface area contributed by atoms with Crippen molar-refractivity contribution in [2.45, 2.75) is 117 Å². The maximum absolute atomic E-state index is 3.61. The van der Waals surface area contributed by atoms with Crippen LogP contribution in [0.25, 0.3) is 0 Å². The minimum absolute atomic E-state index is 0. The van der Waals surface area contributed by atoms with E-state index in [1.165, 1.54) is 116 Å². The van der Waals surface area contributed by atoms with Crippen molar-refractivity contribution in [2.24, 2.45) is 0 Å². The molecule has 0 radical (unpaired) electrons. The SMILES string of the molecule is CCCCCCCCCCNCCCCCCCCCC.Cl.N. The smallest absolute Gasteiger partial charge is 0.00489 e. The lowest BCUT2D eigenvalue weighted by atomic mass is 10.1. The van der Waals surface area contributed by atoms with Gasteiger partial charge in [-0.25, -0.2) is 0 Å². The van der Waals surface area contributed by atoms with Crippen LogP contribution in [-0.2, 0) is 0 Å². The van der Waals surface area contributed by atoms with Gasteiger partial charge in [0, 0.05) is 0 Å². The lowest BCUT2D eigenvalue weighted by Crippen LogP contribution is -2.16. The molecule has 0 aliphatic carbocycles. The number of nitrogens with one attached hydrogen (secondary N) is 1. The first-order chi connectivity index (χ1) is 10.4. The Hall–Kier alpha value is 0.210. The first kappa shape index (κ1) is 28.0. The van der Waals surface area contributed by atoms with E-state index in [0.717, 1.165) is 0 Å². The molecule has 4 N–H and O–H groups in total. The summed E-state index contributed by atoms with van der Waals surface area (Å²) in [4.78, 5) is 0. The van der Waals surface area contributed by atoms with Crippen molar-refractivity contribution in [1.82, 2.24) is 11.5 Å². The maximum Gasteiger partial charge on any atom is -0.00489 e. The molecule has 0 atom stereocenters. The van der Waals surface area contributed by atoms with Crippen LogP contribution in [0.2, 0.25) is 0 Å². The van der Waals surface area contributed by atoms with Gasteiger partial charge in [0.15, 0.2) is 0 Å². The molecule has 0 saturated heterocycles. The zero-order valence-corrected chi connectivity index (χ0v) is 17.2. The Bertz CT molecular complexity index is 159. The van der Waals surface area contributed by atoms with Crippen molar-refractivity contribution in [3.05, 3.63) is 0 Å². The Morgan fingerprint density at radius 3 is 1.00 bits per heavy atom. The standard InChI is InChI=1S/C20H43N.ClH.H3N/c1-3-5-7-9-11-13-15-17-19-21-20-18-16-14-12-10-8-6-4-2;;/h21H,3-20H2,1-2H3;1H;1H3. The van der Waals surface area contributed by atoms with Crippen molar-refractivity contribution < 1.29 is 0 Å². The Morgan fingerprint density at radius 2 is 0.696 bits per heavy atom. The molecule has 0 heterocycles. The van der Waals surface area contributed by atoms with E-state index >= 15 is 0 Å². The van der Waals surface area contributed by atoms with E-state index in [0.29, 0.717) is 0 Å². The zero-order chi connectivity index (χ0) is 15.4. The molecule has 23 heavy (non-hydrogen) atoms. The molecule has 0 aliphatic rings. The normalized spacial score (nSPS) is 10.2. The van der Waals surface area contributed by atoms with Gasteiger partial charge in [-0.1, -0.05) is 104 Å². The van der Waals surface area contributed by atoms with Crippen molar-refractivity contribution in [1.29, 1.82) is 0 Å². The van der Waals surface area contributed by atoms with Crippen LogP contribution in [0.5, 0.6) is 0 Å². The monoisotopic (exact) mass is 350 g/mol. The molecule has 144 valence electrons. The Morgan fingerprint density at radius 1 is 0.435 bits per heavy atom. The van der Waals surface area contributed by atoms with E-state index in [4.69, 9.17) is 0 Å². The molecule has 0 saturated carbocycles. The molecule has 0 bridgehead atoms. The number of hydrogen-bond acceptors (Lipinski definition) is 2. The van der Waals surface area contributed by atoms with Gasteiger partial charge in [0.25, 0.3) is 0 Å². The molecule has 0 aromatic rings. The highest BCUT2D eigenvalue weighted by Gasteiger charge is 1.93. The van der Waals surface area contributed by atoms with Crippen LogP contribution in [-0.4, -0.2) is 13.1 Å². The summed E-state index contributed by atoms with van der Waals surface area (Å²) in [6.07, 6.45) is 22.8. The third kappa shape index (κ3) is 27.4. The van der Waals surface area contributed by atoms with Crippen molar-refractivity contribution in [3.63, 3.8) is 0 Å². The molecule has 0 rings (SSSR count). The first-order valence-electron chi connectivity index (χ1n) is 10.1. The number of halogens is 1. The summed E-state index contributed by atoms with van der Waals surface area (Å²) in [5.41, 5.74) is 0. The maximum atomic E-state index is 3.61. The second-order valence-electron chi connectivity index (χ2n) is 6.70. The van der Waals surface area contributed by atoms with Gasteiger partial charge in [0.2, 0.25) is 0 Å². The van der Waals surface area contributed by atoms with Gasteiger partial charge in [-0.15, -0.1) is 12.4 Å². The van der Waals surface area contributed by atoms with Crippen LogP contribution < -0.4 is 11.5 Å². The van der Waals surface area contributed by atoms with Crippen LogP contribution in [0.15, 0.2) is 0 Å². The largest absolute Gasteiger partial charge is 0.344 e. The fourth-order valence-corrected chi connectivity index (χ4v) is 2.89. The molecule has 0 aromatic heterocycles. The lowest BCUT2D eigenvalue weighted by Gasteiger charge is -2.05. The molecule has 0 amide bonds. The highest BCUT2D eigenvalue weighted by atomic mass is 35.5. The van der Waals surface area contributed by atoms with Crippen LogP contribution in [0.3, 0.4) is 0 Å². The number of rotatable bonds is 18. The molecule has 3 heteroatoms. The molecular formula is C20H47ClN2. The fourth-order valence-electron chi connectivity index (χ4n) is 2.89. The van der Waals surface area contributed by atoms with Gasteiger partial charge < -0.3 is 11.5 Å². The Balaban J connectivity index is -0.00000200. The average molecular weight is 351 g/mol. The molecule has 0 aliphatic heterocycles. The van der Waals surface area contributed by atoms with Gasteiger partial charge >= 0.3 is 0 Å². The van der Waals surface area contributed by atoms with E-state index in [-0.39, 0.29) is 18.6 Å². The molecule has 0 aromatic carbocycles. The summed E-state index contributed by atoms with van der Waals surface area (Å²) in [6.45, 7) is 7.06. The first-order valence-corrected chi connectivity index (χ1v) is 10.1. The Labute approximate surface area is 154 Å². The fraction of sp³-hybridized carbons (Fsp3) is 1.00. The average Bonchev–Trinajstić information content (AvgIpc) is 2.50. The molecule has 2 nitrogen and oxygen atoms in total. The summed E-state index contributed by atoms with van der Waals surface area (Å²) in [5.74, 6) is 0. The minimum atomic E-state index is 0. The van der Waals surface area contributed by atoms with E-state index in [9.17, 15) is 0 Å². The molecular weight excluding hydrogens is 304 g/mol. The van der Waals surface area contributed by atoms with Crippen molar-refractivity contribution >= 4 is 12.4 Å². The number of hydrogen-bond donors (Lipinski definition) is 2. The van der Waals surface area contributed by atoms with Crippen molar-refractivity contribution in [2.75, 3.05) is 13.1 Å². The van der Waals surface area contributed by atoms with E-state index in [2.05, 4.69) is 19.2 Å². The molecule has 0 fully saturated rings. The highest BCUT2D eigenvalue weighted by Crippen LogP contribution is 2.09. The second-order valence-corrected chi connectivity index (χ2v) is 6.70. The Kier molecular flexibility index (Phi) is 33.0. The minimum Gasteiger partial charge on any atom is -0.344 e. The zero-order valence-electron chi connectivity index (χ0n) is 16.3. The van der Waals surface area contributed by atoms with Gasteiger partial charge in [0.1, 0.15) is 0 Å². The van der Waals surface area contributed by atoms with Crippen LogP contribution in [0, 0.1) is 0 Å². The molecule has 0 unspecified atom stereocenters. The van der Waals surface area contributed by atoms with Gasteiger partial charge in [0.05, 0.1) is 0 Å². The lowest BCUT2D eigenvalue weighted by molar-refractivity contribution is 0.532. The third-order valence-electron chi connectivity index (χ3n) is 4.41. The predicted octanol–water partition coefficient (Wildman–Crippen LogP) is 7.44. The van der Waals surface area contributed by atoms with Crippen LogP contribution >= 0.6 is 12.4 Å². The van der Waals surface area contributed by atoms with Gasteiger partial charge in [-0.05, 0) is 25.9 Å². The van der Waals surface area contributed by atoms with Gasteiger partial charge in [-0.2, -0.15) is 0 Å². The number of unbranched alkanes of at least 4 members (excludes halogenated alkanes) is 14. The quantitative estimate of drug-likeness (QED) is 0.252. The summed E-state index contributed by atoms with van der Waals surface area (Å²) < 4.78 is 0. The molecule has 0 spiro atoms.